The molecule has 0 aliphatic carbocycles. The molecule has 3 aromatic carbocycles. The average molecular weight is 479 g/mol. The Kier molecular flexibility index (Phi) is 6.30. The van der Waals surface area contributed by atoms with E-state index < -0.39 is 0 Å². The molecule has 0 saturated heterocycles. The number of aromatic nitrogens is 3. The molecular formula is C23H19BrN4OS. The summed E-state index contributed by atoms with van der Waals surface area (Å²) in [6.45, 7) is 2.05. The molecule has 5 nitrogen and oxygen atoms in total. The van der Waals surface area contributed by atoms with Gasteiger partial charge in [0.05, 0.1) is 5.75 Å². The number of anilines is 1. The fourth-order valence-electron chi connectivity index (χ4n) is 3.04. The summed E-state index contributed by atoms with van der Waals surface area (Å²) < 4.78 is 2.91. The van der Waals surface area contributed by atoms with Crippen LogP contribution in [0.3, 0.4) is 0 Å². The molecule has 0 aliphatic rings. The van der Waals surface area contributed by atoms with Crippen LogP contribution in [0.1, 0.15) is 5.56 Å². The summed E-state index contributed by atoms with van der Waals surface area (Å²) in [7, 11) is 0. The Bertz CT molecular complexity index is 1180. The minimum absolute atomic E-state index is 0.0992. The largest absolute Gasteiger partial charge is 0.325 e. The normalized spacial score (nSPS) is 10.7. The molecule has 0 atom stereocenters. The highest BCUT2D eigenvalue weighted by Crippen LogP contribution is 2.28. The van der Waals surface area contributed by atoms with Crippen LogP contribution >= 0.6 is 27.7 Å². The van der Waals surface area contributed by atoms with Crippen LogP contribution in [-0.4, -0.2) is 26.4 Å². The second kappa shape index (κ2) is 9.28. The summed E-state index contributed by atoms with van der Waals surface area (Å²) in [6, 6.07) is 25.6. The summed E-state index contributed by atoms with van der Waals surface area (Å²) >= 11 is 4.77. The van der Waals surface area contributed by atoms with Crippen molar-refractivity contribution in [1.82, 2.24) is 14.8 Å². The molecule has 0 bridgehead atoms. The third-order valence-corrected chi connectivity index (χ3v) is 5.79. The quantitative estimate of drug-likeness (QED) is 0.359. The number of carbonyl (C=O) groups excluding carboxylic acids is 1. The summed E-state index contributed by atoms with van der Waals surface area (Å²) in [5.74, 6) is 0.878. The summed E-state index contributed by atoms with van der Waals surface area (Å²) in [5.41, 5.74) is 3.84. The van der Waals surface area contributed by atoms with E-state index in [0.29, 0.717) is 5.16 Å². The lowest BCUT2D eigenvalue weighted by Gasteiger charge is -2.11. The maximum atomic E-state index is 12.5. The molecule has 1 aromatic heterocycles. The van der Waals surface area contributed by atoms with Gasteiger partial charge >= 0.3 is 0 Å². The predicted molar refractivity (Wildman–Crippen MR) is 125 cm³/mol. The van der Waals surface area contributed by atoms with Gasteiger partial charge in [0.2, 0.25) is 5.91 Å². The van der Waals surface area contributed by atoms with Gasteiger partial charge in [-0.15, -0.1) is 10.2 Å². The number of nitrogens with zero attached hydrogens (tertiary/aromatic N) is 3. The predicted octanol–water partition coefficient (Wildman–Crippen LogP) is 5.74. The van der Waals surface area contributed by atoms with Gasteiger partial charge in [0, 0.05) is 21.4 Å². The van der Waals surface area contributed by atoms with E-state index in [2.05, 4.69) is 50.5 Å². The zero-order chi connectivity index (χ0) is 20.9. The molecule has 30 heavy (non-hydrogen) atoms. The van der Waals surface area contributed by atoms with Gasteiger partial charge in [-0.1, -0.05) is 75.7 Å². The summed E-state index contributed by atoms with van der Waals surface area (Å²) in [6.07, 6.45) is 0. The molecule has 0 radical (unpaired) electrons. The minimum Gasteiger partial charge on any atom is -0.325 e. The monoisotopic (exact) mass is 478 g/mol. The third kappa shape index (κ3) is 4.80. The smallest absolute Gasteiger partial charge is 0.234 e. The lowest BCUT2D eigenvalue weighted by molar-refractivity contribution is -0.113. The Labute approximate surface area is 187 Å². The van der Waals surface area contributed by atoms with Crippen molar-refractivity contribution in [3.05, 3.63) is 88.9 Å². The number of rotatable bonds is 6. The van der Waals surface area contributed by atoms with Gasteiger partial charge < -0.3 is 5.32 Å². The van der Waals surface area contributed by atoms with Crippen molar-refractivity contribution in [2.24, 2.45) is 0 Å². The van der Waals surface area contributed by atoms with Crippen LogP contribution in [-0.2, 0) is 4.79 Å². The molecule has 1 heterocycles. The van der Waals surface area contributed by atoms with E-state index in [1.165, 1.54) is 11.8 Å². The van der Waals surface area contributed by atoms with Crippen LogP contribution in [0.25, 0.3) is 17.1 Å². The van der Waals surface area contributed by atoms with Crippen molar-refractivity contribution in [1.29, 1.82) is 0 Å². The summed E-state index contributed by atoms with van der Waals surface area (Å²) in [5, 5.41) is 12.4. The molecule has 0 unspecified atom stereocenters. The maximum absolute atomic E-state index is 12.5. The molecule has 0 fully saturated rings. The van der Waals surface area contributed by atoms with Gasteiger partial charge in [-0.25, -0.2) is 0 Å². The SMILES string of the molecule is Cc1cccc(-c2nnc(SCC(=O)Nc3cccc(Br)c3)n2-c2ccccc2)c1. The van der Waals surface area contributed by atoms with Crippen LogP contribution in [0.15, 0.2) is 88.5 Å². The second-order valence-electron chi connectivity index (χ2n) is 6.69. The number of hydrogen-bond acceptors (Lipinski definition) is 4. The first-order valence-corrected chi connectivity index (χ1v) is 11.1. The zero-order valence-corrected chi connectivity index (χ0v) is 18.7. The Hall–Kier alpha value is -2.90. The second-order valence-corrected chi connectivity index (χ2v) is 8.55. The molecule has 4 aromatic rings. The highest BCUT2D eigenvalue weighted by molar-refractivity contribution is 9.10. The molecular weight excluding hydrogens is 460 g/mol. The topological polar surface area (TPSA) is 59.8 Å². The van der Waals surface area contributed by atoms with E-state index in [9.17, 15) is 4.79 Å². The fraction of sp³-hybridized carbons (Fsp3) is 0.0870. The number of halogens is 1. The zero-order valence-electron chi connectivity index (χ0n) is 16.2. The van der Waals surface area contributed by atoms with Crippen molar-refractivity contribution in [2.75, 3.05) is 11.1 Å². The number of aryl methyl sites for hydroxylation is 1. The van der Waals surface area contributed by atoms with Crippen molar-refractivity contribution in [3.63, 3.8) is 0 Å². The van der Waals surface area contributed by atoms with E-state index in [1.807, 2.05) is 71.3 Å². The van der Waals surface area contributed by atoms with Crippen LogP contribution in [0, 0.1) is 6.92 Å². The van der Waals surface area contributed by atoms with Crippen molar-refractivity contribution >= 4 is 39.3 Å². The molecule has 0 saturated carbocycles. The van der Waals surface area contributed by atoms with Crippen LogP contribution in [0.5, 0.6) is 0 Å². The van der Waals surface area contributed by atoms with Gasteiger partial charge in [-0.2, -0.15) is 0 Å². The van der Waals surface area contributed by atoms with E-state index in [0.717, 1.165) is 32.8 Å². The maximum Gasteiger partial charge on any atom is 0.234 e. The van der Waals surface area contributed by atoms with E-state index >= 15 is 0 Å². The number of nitrogens with one attached hydrogen (secondary N) is 1. The summed E-state index contributed by atoms with van der Waals surface area (Å²) in [4.78, 5) is 12.5. The Morgan fingerprint density at radius 1 is 1.00 bits per heavy atom. The third-order valence-electron chi connectivity index (χ3n) is 4.36. The number of thioether (sulfide) groups is 1. The first-order chi connectivity index (χ1) is 14.6. The molecule has 4 rings (SSSR count). The Balaban J connectivity index is 1.59. The van der Waals surface area contributed by atoms with Gasteiger partial charge in [-0.05, 0) is 43.3 Å². The first kappa shape index (κ1) is 20.4. The molecule has 150 valence electrons. The van der Waals surface area contributed by atoms with E-state index in [-0.39, 0.29) is 11.7 Å². The Morgan fingerprint density at radius 3 is 2.57 bits per heavy atom. The highest BCUT2D eigenvalue weighted by Gasteiger charge is 2.17. The molecule has 7 heteroatoms. The highest BCUT2D eigenvalue weighted by atomic mass is 79.9. The lowest BCUT2D eigenvalue weighted by Crippen LogP contribution is -2.14. The van der Waals surface area contributed by atoms with Crippen LogP contribution in [0.4, 0.5) is 5.69 Å². The fourth-order valence-corrected chi connectivity index (χ4v) is 4.19. The van der Waals surface area contributed by atoms with Gasteiger partial charge in [-0.3, -0.25) is 9.36 Å². The molecule has 1 amide bonds. The lowest BCUT2D eigenvalue weighted by atomic mass is 10.1. The minimum atomic E-state index is -0.0992. The number of amides is 1. The first-order valence-electron chi connectivity index (χ1n) is 9.36. The van der Waals surface area contributed by atoms with Gasteiger partial charge in [0.15, 0.2) is 11.0 Å². The molecule has 0 aliphatic heterocycles. The standard InChI is InChI=1S/C23H19BrN4OS/c1-16-7-5-8-17(13-16)22-26-27-23(28(22)20-11-3-2-4-12-20)30-15-21(29)25-19-10-6-9-18(24)14-19/h2-14H,15H2,1H3,(H,25,29). The average Bonchev–Trinajstić information content (AvgIpc) is 3.17. The van der Waals surface area contributed by atoms with Gasteiger partial charge in [0.1, 0.15) is 0 Å². The van der Waals surface area contributed by atoms with Crippen LogP contribution in [0.2, 0.25) is 0 Å². The van der Waals surface area contributed by atoms with E-state index in [1.54, 1.807) is 0 Å². The van der Waals surface area contributed by atoms with Crippen molar-refractivity contribution in [2.45, 2.75) is 12.1 Å². The Morgan fingerprint density at radius 2 is 1.80 bits per heavy atom. The van der Waals surface area contributed by atoms with Gasteiger partial charge in [0.25, 0.3) is 0 Å². The molecule has 1 N–H and O–H groups in total. The molecule has 0 spiro atoms. The van der Waals surface area contributed by atoms with E-state index in [4.69, 9.17) is 0 Å². The van der Waals surface area contributed by atoms with Crippen LogP contribution < -0.4 is 5.32 Å². The number of hydrogen-bond donors (Lipinski definition) is 1. The number of para-hydroxylation sites is 1. The number of carbonyl (C=O) groups is 1. The van der Waals surface area contributed by atoms with Crippen molar-refractivity contribution < 1.29 is 4.79 Å². The number of benzene rings is 3. The van der Waals surface area contributed by atoms with Crippen molar-refractivity contribution in [3.8, 4) is 17.1 Å².